The Morgan fingerprint density at radius 1 is 1.53 bits per heavy atom. The molecule has 2 unspecified atom stereocenters. The number of aromatic nitrogens is 2. The molecule has 2 rings (SSSR count). The van der Waals surface area contributed by atoms with Crippen molar-refractivity contribution in [2.75, 3.05) is 13.2 Å². The molecule has 1 aromatic rings. The first-order chi connectivity index (χ1) is 7.04. The maximum Gasteiger partial charge on any atom is 0.236 e. The van der Waals surface area contributed by atoms with Crippen molar-refractivity contribution < 1.29 is 9.26 Å². The summed E-state index contributed by atoms with van der Waals surface area (Å²) in [6, 6.07) is -0.0713. The molecule has 0 spiro atoms. The largest absolute Gasteiger partial charge is 0.379 e. The van der Waals surface area contributed by atoms with Crippen molar-refractivity contribution in [1.82, 2.24) is 10.1 Å². The molecule has 1 aliphatic heterocycles. The van der Waals surface area contributed by atoms with Crippen molar-refractivity contribution in [3.05, 3.63) is 11.7 Å². The van der Waals surface area contributed by atoms with Crippen molar-refractivity contribution in [1.29, 1.82) is 0 Å². The Kier molecular flexibility index (Phi) is 2.52. The maximum absolute atomic E-state index is 5.98. The molecular formula is C10H17N3O2. The minimum Gasteiger partial charge on any atom is -0.379 e. The van der Waals surface area contributed by atoms with Crippen LogP contribution in [-0.2, 0) is 10.2 Å². The van der Waals surface area contributed by atoms with Gasteiger partial charge in [0, 0.05) is 12.0 Å². The van der Waals surface area contributed by atoms with Crippen molar-refractivity contribution in [3.63, 3.8) is 0 Å². The van der Waals surface area contributed by atoms with Crippen LogP contribution in [0.1, 0.15) is 38.4 Å². The molecule has 0 amide bonds. The van der Waals surface area contributed by atoms with Crippen LogP contribution in [0.25, 0.3) is 0 Å². The van der Waals surface area contributed by atoms with Gasteiger partial charge in [0.2, 0.25) is 5.89 Å². The second-order valence-corrected chi connectivity index (χ2v) is 4.65. The fourth-order valence-corrected chi connectivity index (χ4v) is 1.61. The molecule has 0 bridgehead atoms. The molecule has 0 radical (unpaired) electrons. The Labute approximate surface area is 89.0 Å². The van der Waals surface area contributed by atoms with E-state index < -0.39 is 0 Å². The van der Waals surface area contributed by atoms with Crippen LogP contribution in [0.4, 0.5) is 0 Å². The SMILES string of the molecule is CC(C)c1noc(C2(C)COCC2N)n1. The first-order valence-corrected chi connectivity index (χ1v) is 5.21. The molecule has 5 heteroatoms. The third kappa shape index (κ3) is 1.66. The molecule has 1 aliphatic rings. The Morgan fingerprint density at radius 2 is 2.27 bits per heavy atom. The van der Waals surface area contributed by atoms with E-state index >= 15 is 0 Å². The fraction of sp³-hybridized carbons (Fsp3) is 0.800. The van der Waals surface area contributed by atoms with Gasteiger partial charge >= 0.3 is 0 Å². The highest BCUT2D eigenvalue weighted by molar-refractivity contribution is 5.12. The molecule has 2 atom stereocenters. The van der Waals surface area contributed by atoms with Gasteiger partial charge in [0.1, 0.15) is 0 Å². The number of rotatable bonds is 2. The number of hydrogen-bond acceptors (Lipinski definition) is 5. The highest BCUT2D eigenvalue weighted by Gasteiger charge is 2.44. The third-order valence-electron chi connectivity index (χ3n) is 2.96. The summed E-state index contributed by atoms with van der Waals surface area (Å²) in [5.74, 6) is 1.59. The van der Waals surface area contributed by atoms with Crippen molar-refractivity contribution in [2.24, 2.45) is 5.73 Å². The fourth-order valence-electron chi connectivity index (χ4n) is 1.61. The summed E-state index contributed by atoms with van der Waals surface area (Å²) in [5, 5.41) is 3.94. The average molecular weight is 211 g/mol. The number of hydrogen-bond donors (Lipinski definition) is 1. The van der Waals surface area contributed by atoms with E-state index in [1.165, 1.54) is 0 Å². The quantitative estimate of drug-likeness (QED) is 0.783. The minimum atomic E-state index is -0.333. The van der Waals surface area contributed by atoms with Gasteiger partial charge in [-0.3, -0.25) is 0 Å². The van der Waals surface area contributed by atoms with Crippen molar-refractivity contribution in [2.45, 2.75) is 38.1 Å². The summed E-state index contributed by atoms with van der Waals surface area (Å²) in [6.45, 7) is 7.16. The van der Waals surface area contributed by atoms with Crippen LogP contribution in [0, 0.1) is 0 Å². The summed E-state index contributed by atoms with van der Waals surface area (Å²) in [6.07, 6.45) is 0. The van der Waals surface area contributed by atoms with Crippen LogP contribution in [0.15, 0.2) is 4.52 Å². The first kappa shape index (κ1) is 10.6. The summed E-state index contributed by atoms with van der Waals surface area (Å²) >= 11 is 0. The van der Waals surface area contributed by atoms with E-state index in [1.807, 2.05) is 20.8 Å². The van der Waals surface area contributed by atoms with Crippen LogP contribution in [0.3, 0.4) is 0 Å². The van der Waals surface area contributed by atoms with Crippen LogP contribution < -0.4 is 5.73 Å². The third-order valence-corrected chi connectivity index (χ3v) is 2.96. The van der Waals surface area contributed by atoms with Crippen LogP contribution in [0.5, 0.6) is 0 Å². The molecule has 1 aromatic heterocycles. The lowest BCUT2D eigenvalue weighted by Gasteiger charge is -2.21. The molecule has 15 heavy (non-hydrogen) atoms. The van der Waals surface area contributed by atoms with E-state index in [9.17, 15) is 0 Å². The summed E-state index contributed by atoms with van der Waals surface area (Å²) in [5.41, 5.74) is 5.64. The monoisotopic (exact) mass is 211 g/mol. The van der Waals surface area contributed by atoms with Crippen molar-refractivity contribution in [3.8, 4) is 0 Å². The molecule has 1 saturated heterocycles. The summed E-state index contributed by atoms with van der Waals surface area (Å²) < 4.78 is 10.6. The predicted octanol–water partition coefficient (Wildman–Crippen LogP) is 0.808. The zero-order valence-corrected chi connectivity index (χ0v) is 9.36. The minimum absolute atomic E-state index is 0.0713. The molecule has 2 heterocycles. The van der Waals surface area contributed by atoms with Gasteiger partial charge in [-0.1, -0.05) is 19.0 Å². The van der Waals surface area contributed by atoms with Gasteiger partial charge in [0.05, 0.1) is 18.6 Å². The van der Waals surface area contributed by atoms with E-state index in [2.05, 4.69) is 10.1 Å². The Bertz CT molecular complexity index is 350. The zero-order chi connectivity index (χ0) is 11.1. The van der Waals surface area contributed by atoms with Crippen molar-refractivity contribution >= 4 is 0 Å². The topological polar surface area (TPSA) is 74.2 Å². The molecule has 0 aromatic carbocycles. The smallest absolute Gasteiger partial charge is 0.236 e. The van der Waals surface area contributed by atoms with Crippen LogP contribution in [0.2, 0.25) is 0 Å². The first-order valence-electron chi connectivity index (χ1n) is 5.21. The highest BCUT2D eigenvalue weighted by atomic mass is 16.5. The molecule has 0 aliphatic carbocycles. The molecule has 1 fully saturated rings. The van der Waals surface area contributed by atoms with Gasteiger partial charge in [0.15, 0.2) is 5.82 Å². The van der Waals surface area contributed by atoms with Crippen LogP contribution in [-0.4, -0.2) is 29.4 Å². The van der Waals surface area contributed by atoms with E-state index in [4.69, 9.17) is 15.0 Å². The van der Waals surface area contributed by atoms with Gasteiger partial charge in [-0.2, -0.15) is 4.98 Å². The second kappa shape index (κ2) is 3.57. The van der Waals surface area contributed by atoms with Gasteiger partial charge in [0.25, 0.3) is 0 Å². The molecule has 2 N–H and O–H groups in total. The van der Waals surface area contributed by atoms with Gasteiger partial charge < -0.3 is 15.0 Å². The van der Waals surface area contributed by atoms with Gasteiger partial charge in [-0.15, -0.1) is 0 Å². The zero-order valence-electron chi connectivity index (χ0n) is 9.36. The molecular weight excluding hydrogens is 194 g/mol. The van der Waals surface area contributed by atoms with Gasteiger partial charge in [-0.25, -0.2) is 0 Å². The van der Waals surface area contributed by atoms with Gasteiger partial charge in [-0.05, 0) is 6.92 Å². The number of ether oxygens (including phenoxy) is 1. The summed E-state index contributed by atoms with van der Waals surface area (Å²) in [4.78, 5) is 4.38. The maximum atomic E-state index is 5.98. The van der Waals surface area contributed by atoms with E-state index in [0.717, 1.165) is 5.82 Å². The van der Waals surface area contributed by atoms with E-state index in [1.54, 1.807) is 0 Å². The summed E-state index contributed by atoms with van der Waals surface area (Å²) in [7, 11) is 0. The van der Waals surface area contributed by atoms with Crippen LogP contribution >= 0.6 is 0 Å². The average Bonchev–Trinajstić information content (AvgIpc) is 2.75. The second-order valence-electron chi connectivity index (χ2n) is 4.65. The predicted molar refractivity (Wildman–Crippen MR) is 54.5 cm³/mol. The lowest BCUT2D eigenvalue weighted by atomic mass is 9.86. The lowest BCUT2D eigenvalue weighted by Crippen LogP contribution is -2.42. The highest BCUT2D eigenvalue weighted by Crippen LogP contribution is 2.31. The molecule has 84 valence electrons. The normalized spacial score (nSPS) is 31.4. The number of nitrogens with two attached hydrogens (primary N) is 1. The van der Waals surface area contributed by atoms with E-state index in [-0.39, 0.29) is 17.4 Å². The Balaban J connectivity index is 2.28. The molecule has 0 saturated carbocycles. The van der Waals surface area contributed by atoms with E-state index in [0.29, 0.717) is 19.1 Å². The Morgan fingerprint density at radius 3 is 2.73 bits per heavy atom. The Hall–Kier alpha value is -0.940. The lowest BCUT2D eigenvalue weighted by molar-refractivity contribution is 0.169. The molecule has 5 nitrogen and oxygen atoms in total. The standard InChI is InChI=1S/C10H17N3O2/c1-6(2)8-12-9(15-13-8)10(3)5-14-4-7(10)11/h6-7H,4-5,11H2,1-3H3. The number of nitrogens with zero attached hydrogens (tertiary/aromatic N) is 2.